The maximum absolute atomic E-state index is 13.5. The number of nitrogens with zero attached hydrogens (tertiary/aromatic N) is 1. The molecule has 1 amide bonds. The standard InChI is InChI=1S/C16H23FN2O/c1-11(20)19-7-5-12(6-8-19)14-10-18-16(2)9-13(17)3-4-15(14)16/h3-4,12,14,18H,5-10H2,1-2H3. The van der Waals surface area contributed by atoms with Crippen LogP contribution in [0, 0.1) is 11.8 Å². The minimum Gasteiger partial charge on any atom is -0.343 e. The molecule has 3 nitrogen and oxygen atoms in total. The second kappa shape index (κ2) is 4.99. The number of likely N-dealkylation sites (tertiary alicyclic amines) is 1. The van der Waals surface area contributed by atoms with Crippen molar-refractivity contribution in [3.63, 3.8) is 0 Å². The van der Waals surface area contributed by atoms with Gasteiger partial charge in [0.15, 0.2) is 0 Å². The molecule has 2 fully saturated rings. The monoisotopic (exact) mass is 278 g/mol. The van der Waals surface area contributed by atoms with E-state index in [1.807, 2.05) is 11.0 Å². The van der Waals surface area contributed by atoms with Crippen molar-refractivity contribution in [3.05, 3.63) is 23.6 Å². The molecule has 0 aromatic rings. The number of rotatable bonds is 1. The Morgan fingerprint density at radius 2 is 2.10 bits per heavy atom. The number of nitrogens with one attached hydrogen (secondary N) is 1. The smallest absolute Gasteiger partial charge is 0.219 e. The van der Waals surface area contributed by atoms with Crippen molar-refractivity contribution in [2.75, 3.05) is 19.6 Å². The van der Waals surface area contributed by atoms with Crippen molar-refractivity contribution >= 4 is 5.91 Å². The molecule has 1 N–H and O–H groups in total. The quantitative estimate of drug-likeness (QED) is 0.799. The van der Waals surface area contributed by atoms with E-state index in [1.54, 1.807) is 13.0 Å². The van der Waals surface area contributed by atoms with E-state index in [2.05, 4.69) is 12.2 Å². The summed E-state index contributed by atoms with van der Waals surface area (Å²) in [4.78, 5) is 13.3. The Labute approximate surface area is 119 Å². The molecule has 0 aromatic carbocycles. The fourth-order valence-electron chi connectivity index (χ4n) is 4.04. The van der Waals surface area contributed by atoms with Crippen LogP contribution in [0.25, 0.3) is 0 Å². The van der Waals surface area contributed by atoms with Gasteiger partial charge in [0.2, 0.25) is 5.91 Å². The van der Waals surface area contributed by atoms with E-state index in [4.69, 9.17) is 0 Å². The molecule has 3 rings (SSSR count). The largest absolute Gasteiger partial charge is 0.343 e. The Kier molecular flexibility index (Phi) is 3.44. The SMILES string of the molecule is CC(=O)N1CCC(C2CNC3(C)CC(F)=CC=C23)CC1. The summed E-state index contributed by atoms with van der Waals surface area (Å²) in [6.45, 7) is 6.42. The van der Waals surface area contributed by atoms with Crippen LogP contribution in [0.15, 0.2) is 23.6 Å². The number of hydrogen-bond acceptors (Lipinski definition) is 2. The first kappa shape index (κ1) is 13.8. The Hall–Kier alpha value is -1.16. The van der Waals surface area contributed by atoms with Gasteiger partial charge in [-0.15, -0.1) is 0 Å². The van der Waals surface area contributed by atoms with Crippen LogP contribution in [0.5, 0.6) is 0 Å². The predicted molar refractivity (Wildman–Crippen MR) is 76.8 cm³/mol. The topological polar surface area (TPSA) is 32.3 Å². The van der Waals surface area contributed by atoms with Gasteiger partial charge in [-0.25, -0.2) is 4.39 Å². The lowest BCUT2D eigenvalue weighted by atomic mass is 9.74. The lowest BCUT2D eigenvalue weighted by molar-refractivity contribution is -0.130. The second-order valence-corrected chi connectivity index (χ2v) is 6.58. The fourth-order valence-corrected chi connectivity index (χ4v) is 4.04. The van der Waals surface area contributed by atoms with Crippen molar-refractivity contribution < 1.29 is 9.18 Å². The van der Waals surface area contributed by atoms with Gasteiger partial charge < -0.3 is 10.2 Å². The maximum Gasteiger partial charge on any atom is 0.219 e. The average Bonchev–Trinajstić information content (AvgIpc) is 2.75. The highest BCUT2D eigenvalue weighted by atomic mass is 19.1. The van der Waals surface area contributed by atoms with Crippen LogP contribution in [-0.4, -0.2) is 36.0 Å². The molecule has 2 atom stereocenters. The van der Waals surface area contributed by atoms with Gasteiger partial charge in [-0.2, -0.15) is 0 Å². The number of amides is 1. The lowest BCUT2D eigenvalue weighted by Crippen LogP contribution is -2.40. The van der Waals surface area contributed by atoms with Gasteiger partial charge in [0.05, 0.1) is 0 Å². The summed E-state index contributed by atoms with van der Waals surface area (Å²) in [6, 6.07) is 0. The normalized spacial score (nSPS) is 34.5. The Balaban J connectivity index is 1.72. The zero-order valence-corrected chi connectivity index (χ0v) is 12.3. The van der Waals surface area contributed by atoms with Gasteiger partial charge in [0, 0.05) is 38.5 Å². The number of carbonyl (C=O) groups is 1. The zero-order valence-electron chi connectivity index (χ0n) is 12.3. The van der Waals surface area contributed by atoms with E-state index >= 15 is 0 Å². The molecule has 20 heavy (non-hydrogen) atoms. The molecule has 2 aliphatic heterocycles. The van der Waals surface area contributed by atoms with Gasteiger partial charge in [-0.05, 0) is 43.3 Å². The molecule has 0 radical (unpaired) electrons. The van der Waals surface area contributed by atoms with Crippen molar-refractivity contribution in [1.29, 1.82) is 0 Å². The summed E-state index contributed by atoms with van der Waals surface area (Å²) in [7, 11) is 0. The molecule has 0 bridgehead atoms. The summed E-state index contributed by atoms with van der Waals surface area (Å²) in [5.41, 5.74) is 1.17. The van der Waals surface area contributed by atoms with E-state index in [0.717, 1.165) is 32.5 Å². The highest BCUT2D eigenvalue weighted by Crippen LogP contribution is 2.43. The summed E-state index contributed by atoms with van der Waals surface area (Å²) in [6.07, 6.45) is 6.21. The molecule has 4 heteroatoms. The van der Waals surface area contributed by atoms with E-state index < -0.39 is 0 Å². The molecular formula is C16H23FN2O. The van der Waals surface area contributed by atoms with Crippen LogP contribution in [0.3, 0.4) is 0 Å². The molecule has 2 heterocycles. The van der Waals surface area contributed by atoms with Crippen LogP contribution in [0.1, 0.15) is 33.1 Å². The van der Waals surface area contributed by atoms with Gasteiger partial charge >= 0.3 is 0 Å². The predicted octanol–water partition coefficient (Wildman–Crippen LogP) is 2.41. The minimum absolute atomic E-state index is 0.0317. The van der Waals surface area contributed by atoms with Crippen LogP contribution in [0.2, 0.25) is 0 Å². The summed E-state index contributed by atoms with van der Waals surface area (Å²) >= 11 is 0. The third-order valence-corrected chi connectivity index (χ3v) is 5.27. The summed E-state index contributed by atoms with van der Waals surface area (Å²) in [5, 5.41) is 3.52. The molecule has 0 saturated carbocycles. The van der Waals surface area contributed by atoms with Gasteiger partial charge in [-0.1, -0.05) is 6.08 Å². The maximum atomic E-state index is 13.5. The second-order valence-electron chi connectivity index (χ2n) is 6.58. The number of fused-ring (bicyclic) bond motifs is 1. The van der Waals surface area contributed by atoms with Gasteiger partial charge in [-0.3, -0.25) is 4.79 Å². The van der Waals surface area contributed by atoms with Crippen molar-refractivity contribution in [2.45, 2.75) is 38.6 Å². The van der Waals surface area contributed by atoms with E-state index in [-0.39, 0.29) is 17.3 Å². The third kappa shape index (κ3) is 2.30. The lowest BCUT2D eigenvalue weighted by Gasteiger charge is -2.36. The van der Waals surface area contributed by atoms with Crippen LogP contribution in [-0.2, 0) is 4.79 Å². The number of hydrogen-bond donors (Lipinski definition) is 1. The molecule has 2 unspecified atom stereocenters. The summed E-state index contributed by atoms with van der Waals surface area (Å²) < 4.78 is 13.5. The van der Waals surface area contributed by atoms with Crippen LogP contribution in [0.4, 0.5) is 4.39 Å². The van der Waals surface area contributed by atoms with Crippen LogP contribution < -0.4 is 5.32 Å². The molecule has 3 aliphatic rings. The highest BCUT2D eigenvalue weighted by Gasteiger charge is 2.44. The summed E-state index contributed by atoms with van der Waals surface area (Å²) in [5.74, 6) is 1.26. The van der Waals surface area contributed by atoms with Crippen molar-refractivity contribution in [2.24, 2.45) is 11.8 Å². The Morgan fingerprint density at radius 1 is 1.40 bits per heavy atom. The Bertz CT molecular complexity index is 477. The van der Waals surface area contributed by atoms with E-state index in [9.17, 15) is 9.18 Å². The zero-order chi connectivity index (χ0) is 14.3. The number of carbonyl (C=O) groups excluding carboxylic acids is 1. The fraction of sp³-hybridized carbons (Fsp3) is 0.688. The number of allylic oxidation sites excluding steroid dienone is 2. The first-order valence-electron chi connectivity index (χ1n) is 7.57. The Morgan fingerprint density at radius 3 is 2.75 bits per heavy atom. The van der Waals surface area contributed by atoms with E-state index in [0.29, 0.717) is 18.3 Å². The van der Waals surface area contributed by atoms with Crippen LogP contribution >= 0.6 is 0 Å². The highest BCUT2D eigenvalue weighted by molar-refractivity contribution is 5.73. The van der Waals surface area contributed by atoms with Crippen molar-refractivity contribution in [1.82, 2.24) is 10.2 Å². The van der Waals surface area contributed by atoms with E-state index in [1.165, 1.54) is 5.57 Å². The van der Waals surface area contributed by atoms with Gasteiger partial charge in [0.25, 0.3) is 0 Å². The van der Waals surface area contributed by atoms with Gasteiger partial charge in [0.1, 0.15) is 5.83 Å². The number of piperidine rings is 1. The first-order valence-corrected chi connectivity index (χ1v) is 7.57. The van der Waals surface area contributed by atoms with Crippen molar-refractivity contribution in [3.8, 4) is 0 Å². The molecule has 110 valence electrons. The molecule has 0 spiro atoms. The molecule has 0 aromatic heterocycles. The molecular weight excluding hydrogens is 255 g/mol. The number of halogens is 1. The minimum atomic E-state index is -0.193. The third-order valence-electron chi connectivity index (χ3n) is 5.27. The first-order chi connectivity index (χ1) is 9.49. The molecule has 2 saturated heterocycles. The average molecular weight is 278 g/mol. The molecule has 1 aliphatic carbocycles.